The Morgan fingerprint density at radius 2 is 1.23 bits per heavy atom. The van der Waals surface area contributed by atoms with Gasteiger partial charge in [-0.1, -0.05) is 71.3 Å². The van der Waals surface area contributed by atoms with Gasteiger partial charge >= 0.3 is 11.9 Å². The van der Waals surface area contributed by atoms with Crippen LogP contribution in [0.15, 0.2) is 48.5 Å². The second-order valence-corrected chi connectivity index (χ2v) is 9.54. The van der Waals surface area contributed by atoms with Crippen LogP contribution in [-0.2, 0) is 19.1 Å². The first-order valence-corrected chi connectivity index (χ1v) is 14.1. The topological polar surface area (TPSA) is 111 Å². The Kier molecular flexibility index (Phi) is 15.0. The Morgan fingerprint density at radius 3 is 1.90 bits per heavy atom. The van der Waals surface area contributed by atoms with Crippen molar-refractivity contribution in [3.63, 3.8) is 0 Å². The number of carbonyl (C=O) groups is 4. The van der Waals surface area contributed by atoms with Crippen molar-refractivity contribution in [3.05, 3.63) is 59.7 Å². The molecule has 2 aromatic rings. The fraction of sp³-hybridized carbons (Fsp3) is 0.484. The van der Waals surface area contributed by atoms with E-state index in [2.05, 4.69) is 17.6 Å². The maximum atomic E-state index is 12.4. The third-order valence-electron chi connectivity index (χ3n) is 6.07. The first-order valence-electron chi connectivity index (χ1n) is 14.1. The lowest BCUT2D eigenvalue weighted by atomic mass is 10.1. The third-order valence-corrected chi connectivity index (χ3v) is 6.07. The molecule has 2 rings (SSSR count). The zero-order valence-corrected chi connectivity index (χ0v) is 23.3. The molecule has 0 saturated carbocycles. The number of amides is 2. The van der Waals surface area contributed by atoms with E-state index in [1.165, 1.54) is 44.6 Å². The normalized spacial score (nSPS) is 10.5. The minimum absolute atomic E-state index is 0.0903. The molecule has 212 valence electrons. The Hall–Kier alpha value is -3.68. The summed E-state index contributed by atoms with van der Waals surface area (Å²) in [7, 11) is 0. The summed E-state index contributed by atoms with van der Waals surface area (Å²) >= 11 is 0. The summed E-state index contributed by atoms with van der Waals surface area (Å²) in [5, 5.41) is 5.44. The number of rotatable bonds is 18. The maximum Gasteiger partial charge on any atom is 0.338 e. The van der Waals surface area contributed by atoms with Crippen molar-refractivity contribution < 1.29 is 28.7 Å². The van der Waals surface area contributed by atoms with Crippen molar-refractivity contribution in [1.82, 2.24) is 0 Å². The number of hydrogen-bond acceptors (Lipinski definition) is 6. The zero-order valence-electron chi connectivity index (χ0n) is 23.3. The second kappa shape index (κ2) is 18.6. The molecule has 0 aliphatic carbocycles. The molecule has 0 heterocycles. The predicted octanol–water partition coefficient (Wildman–Crippen LogP) is 6.91. The number of anilines is 2. The van der Waals surface area contributed by atoms with Crippen LogP contribution >= 0.6 is 0 Å². The fourth-order valence-corrected chi connectivity index (χ4v) is 3.92. The van der Waals surface area contributed by atoms with Crippen molar-refractivity contribution in [2.45, 2.75) is 84.5 Å². The number of unbranched alkanes of at least 4 members (excludes halogenated alkanes) is 8. The summed E-state index contributed by atoms with van der Waals surface area (Å²) < 4.78 is 10.2. The van der Waals surface area contributed by atoms with E-state index in [9.17, 15) is 19.2 Å². The first kappa shape index (κ1) is 31.5. The fourth-order valence-electron chi connectivity index (χ4n) is 3.92. The van der Waals surface area contributed by atoms with E-state index in [4.69, 9.17) is 9.47 Å². The number of benzene rings is 2. The number of ether oxygens (including phenoxy) is 2. The van der Waals surface area contributed by atoms with Crippen molar-refractivity contribution in [2.75, 3.05) is 23.8 Å². The van der Waals surface area contributed by atoms with Gasteiger partial charge in [0.15, 0.2) is 6.61 Å². The van der Waals surface area contributed by atoms with Crippen molar-refractivity contribution in [3.8, 4) is 0 Å². The molecule has 2 amide bonds. The molecule has 0 radical (unpaired) electrons. The average Bonchev–Trinajstić information content (AvgIpc) is 2.94. The first-order chi connectivity index (χ1) is 18.9. The highest BCUT2D eigenvalue weighted by Gasteiger charge is 2.13. The Balaban J connectivity index is 1.69. The SMILES string of the molecule is CCCCCCCCCCCC(=O)Nc1cccc(C(=O)OCC(=O)Nc2ccc(C(=O)OCCC)cc2)c1. The molecule has 0 unspecified atom stereocenters. The number of esters is 2. The lowest BCUT2D eigenvalue weighted by molar-refractivity contribution is -0.119. The van der Waals surface area contributed by atoms with Crippen LogP contribution in [0.2, 0.25) is 0 Å². The minimum Gasteiger partial charge on any atom is -0.462 e. The molecule has 0 aromatic heterocycles. The monoisotopic (exact) mass is 538 g/mol. The van der Waals surface area contributed by atoms with Crippen LogP contribution in [-0.4, -0.2) is 37.0 Å². The van der Waals surface area contributed by atoms with Gasteiger partial charge in [0.05, 0.1) is 17.7 Å². The lowest BCUT2D eigenvalue weighted by Gasteiger charge is -2.09. The van der Waals surface area contributed by atoms with Gasteiger partial charge in [-0.2, -0.15) is 0 Å². The summed E-state index contributed by atoms with van der Waals surface area (Å²) in [5.41, 5.74) is 1.58. The van der Waals surface area contributed by atoms with E-state index in [1.54, 1.807) is 42.5 Å². The van der Waals surface area contributed by atoms with E-state index in [1.807, 2.05) is 6.92 Å². The van der Waals surface area contributed by atoms with Gasteiger partial charge in [-0.15, -0.1) is 0 Å². The van der Waals surface area contributed by atoms with Crippen molar-refractivity contribution in [2.24, 2.45) is 0 Å². The smallest absolute Gasteiger partial charge is 0.338 e. The molecule has 0 bridgehead atoms. The average molecular weight is 539 g/mol. The van der Waals surface area contributed by atoms with Crippen LogP contribution in [0.4, 0.5) is 11.4 Å². The van der Waals surface area contributed by atoms with Crippen LogP contribution in [0.3, 0.4) is 0 Å². The van der Waals surface area contributed by atoms with Crippen molar-refractivity contribution in [1.29, 1.82) is 0 Å². The molecule has 2 aromatic carbocycles. The van der Waals surface area contributed by atoms with Crippen LogP contribution in [0.5, 0.6) is 0 Å². The predicted molar refractivity (Wildman–Crippen MR) is 153 cm³/mol. The molecule has 2 N–H and O–H groups in total. The number of nitrogens with one attached hydrogen (secondary N) is 2. The molecule has 0 fully saturated rings. The molecular formula is C31H42N2O6. The highest BCUT2D eigenvalue weighted by atomic mass is 16.5. The highest BCUT2D eigenvalue weighted by Crippen LogP contribution is 2.15. The molecule has 0 spiro atoms. The van der Waals surface area contributed by atoms with E-state index < -0.39 is 24.5 Å². The summed E-state index contributed by atoms with van der Waals surface area (Å²) in [6.07, 6.45) is 11.8. The minimum atomic E-state index is -0.672. The van der Waals surface area contributed by atoms with Crippen LogP contribution in [0, 0.1) is 0 Å². The zero-order chi connectivity index (χ0) is 28.3. The van der Waals surface area contributed by atoms with Gasteiger partial charge in [0.2, 0.25) is 5.91 Å². The Morgan fingerprint density at radius 1 is 0.615 bits per heavy atom. The summed E-state index contributed by atoms with van der Waals surface area (Å²) in [5.74, 6) is -1.71. The summed E-state index contributed by atoms with van der Waals surface area (Å²) in [6.45, 7) is 3.99. The summed E-state index contributed by atoms with van der Waals surface area (Å²) in [4.78, 5) is 48.8. The van der Waals surface area contributed by atoms with Gasteiger partial charge in [-0.3, -0.25) is 9.59 Å². The molecule has 8 nitrogen and oxygen atoms in total. The molecule has 39 heavy (non-hydrogen) atoms. The van der Waals surface area contributed by atoms with E-state index in [0.717, 1.165) is 25.7 Å². The van der Waals surface area contributed by atoms with Crippen LogP contribution in [0.1, 0.15) is 105 Å². The molecule has 8 heteroatoms. The lowest BCUT2D eigenvalue weighted by Crippen LogP contribution is -2.21. The van der Waals surface area contributed by atoms with E-state index in [-0.39, 0.29) is 11.5 Å². The standard InChI is InChI=1S/C31H42N2O6/c1-3-5-6-7-8-9-10-11-12-16-28(34)33-27-15-13-14-25(22-27)31(37)39-23-29(35)32-26-19-17-24(18-20-26)30(36)38-21-4-2/h13-15,17-20,22H,3-12,16,21,23H2,1-2H3,(H,32,35)(H,33,34). The molecule has 0 aliphatic heterocycles. The molecule has 0 saturated heterocycles. The molecular weight excluding hydrogens is 496 g/mol. The van der Waals surface area contributed by atoms with Gasteiger partial charge in [0.25, 0.3) is 5.91 Å². The van der Waals surface area contributed by atoms with Gasteiger partial charge in [-0.05, 0) is 55.3 Å². The number of hydrogen-bond donors (Lipinski definition) is 2. The summed E-state index contributed by atoms with van der Waals surface area (Å²) in [6, 6.07) is 12.7. The van der Waals surface area contributed by atoms with Gasteiger partial charge < -0.3 is 20.1 Å². The molecule has 0 atom stereocenters. The Bertz CT molecular complexity index is 1050. The van der Waals surface area contributed by atoms with Crippen LogP contribution in [0.25, 0.3) is 0 Å². The highest BCUT2D eigenvalue weighted by molar-refractivity contribution is 5.97. The van der Waals surface area contributed by atoms with E-state index >= 15 is 0 Å². The maximum absolute atomic E-state index is 12.4. The molecule has 0 aliphatic rings. The van der Waals surface area contributed by atoms with Gasteiger partial charge in [0, 0.05) is 17.8 Å². The largest absolute Gasteiger partial charge is 0.462 e. The van der Waals surface area contributed by atoms with Gasteiger partial charge in [-0.25, -0.2) is 9.59 Å². The van der Waals surface area contributed by atoms with E-state index in [0.29, 0.717) is 30.0 Å². The second-order valence-electron chi connectivity index (χ2n) is 9.54. The van der Waals surface area contributed by atoms with Crippen molar-refractivity contribution >= 4 is 35.1 Å². The third kappa shape index (κ3) is 13.1. The van der Waals surface area contributed by atoms with Gasteiger partial charge in [0.1, 0.15) is 0 Å². The Labute approximate surface area is 231 Å². The quantitative estimate of drug-likeness (QED) is 0.158. The van der Waals surface area contributed by atoms with Crippen LogP contribution < -0.4 is 10.6 Å². The number of carbonyl (C=O) groups excluding carboxylic acids is 4.